The normalized spacial score (nSPS) is 21.2. The number of allylic oxidation sites excluding steroid dienone is 1. The molecule has 3 aliphatic rings. The van der Waals surface area contributed by atoms with Crippen LogP contribution in [0.4, 0.5) is 11.4 Å². The van der Waals surface area contributed by atoms with Crippen molar-refractivity contribution in [3.63, 3.8) is 0 Å². The highest BCUT2D eigenvalue weighted by Gasteiger charge is 2.45. The van der Waals surface area contributed by atoms with Crippen molar-refractivity contribution in [3.05, 3.63) is 106 Å². The number of benzene rings is 3. The summed E-state index contributed by atoms with van der Waals surface area (Å²) >= 11 is 12.6. The van der Waals surface area contributed by atoms with Gasteiger partial charge < -0.3 is 24.0 Å². The summed E-state index contributed by atoms with van der Waals surface area (Å²) in [5.74, 6) is -0.280. The molecule has 3 aliphatic heterocycles. The summed E-state index contributed by atoms with van der Waals surface area (Å²) in [5, 5.41) is 20.3. The molecule has 50 heavy (non-hydrogen) atoms. The van der Waals surface area contributed by atoms with Crippen molar-refractivity contribution in [2.45, 2.75) is 38.2 Å². The maximum Gasteiger partial charge on any atom is 0.224 e. The van der Waals surface area contributed by atoms with Crippen LogP contribution in [-0.4, -0.2) is 84.2 Å². The zero-order valence-corrected chi connectivity index (χ0v) is 29.8. The van der Waals surface area contributed by atoms with E-state index in [0.29, 0.717) is 42.0 Å². The third kappa shape index (κ3) is 7.27. The third-order valence-electron chi connectivity index (χ3n) is 9.53. The Morgan fingerprint density at radius 3 is 2.26 bits per heavy atom. The Kier molecular flexibility index (Phi) is 10.2. The summed E-state index contributed by atoms with van der Waals surface area (Å²) < 4.78 is 22.7. The lowest BCUT2D eigenvalue weighted by atomic mass is 10.1. The van der Waals surface area contributed by atoms with Crippen LogP contribution in [0.1, 0.15) is 31.9 Å². The van der Waals surface area contributed by atoms with Gasteiger partial charge in [0.05, 0.1) is 41.5 Å². The standard InChI is InChI=1S/C37H42Cl2N8O3/c1-3-27(2)47-36(40)46(26-42-47)31-9-7-29(8-10-31)43-18-20-44(21-19-43)30-11-13-32(14-12-30)48-23-33-24-49-37(50-33,25-45-17-5-4-16-41-45)28-6-15-34(38)35(39)22-28/h4-16,22,26-27,33,40H,3,17-21,23-25H2,1-2H3. The lowest BCUT2D eigenvalue weighted by Crippen LogP contribution is -2.46. The van der Waals surface area contributed by atoms with Gasteiger partial charge in [0.25, 0.3) is 0 Å². The third-order valence-corrected chi connectivity index (χ3v) is 10.3. The average molecular weight is 718 g/mol. The van der Waals surface area contributed by atoms with E-state index < -0.39 is 5.79 Å². The van der Waals surface area contributed by atoms with Crippen molar-refractivity contribution in [2.24, 2.45) is 5.10 Å². The number of anilines is 2. The van der Waals surface area contributed by atoms with Gasteiger partial charge in [0.1, 0.15) is 24.8 Å². The first-order valence-corrected chi connectivity index (χ1v) is 17.8. The number of rotatable bonds is 11. The Hall–Kier alpha value is -4.29. The van der Waals surface area contributed by atoms with E-state index in [2.05, 4.69) is 70.2 Å². The highest BCUT2D eigenvalue weighted by Crippen LogP contribution is 2.38. The number of hydrogen-bond acceptors (Lipinski definition) is 9. The van der Waals surface area contributed by atoms with Crippen LogP contribution >= 0.6 is 23.2 Å². The highest BCUT2D eigenvalue weighted by atomic mass is 35.5. The van der Waals surface area contributed by atoms with Crippen LogP contribution in [0.2, 0.25) is 10.0 Å². The summed E-state index contributed by atoms with van der Waals surface area (Å²) in [6.07, 6.45) is 8.08. The molecule has 0 saturated carbocycles. The smallest absolute Gasteiger partial charge is 0.224 e. The lowest BCUT2D eigenvalue weighted by molar-refractivity contribution is -0.191. The molecule has 3 atom stereocenters. The second-order valence-corrected chi connectivity index (χ2v) is 13.6. The molecule has 1 N–H and O–H groups in total. The van der Waals surface area contributed by atoms with E-state index in [4.69, 9.17) is 42.8 Å². The van der Waals surface area contributed by atoms with Crippen LogP contribution in [0.5, 0.6) is 5.75 Å². The molecule has 2 saturated heterocycles. The molecule has 3 aromatic carbocycles. The van der Waals surface area contributed by atoms with Gasteiger partial charge in [0, 0.05) is 49.3 Å². The Morgan fingerprint density at radius 2 is 1.62 bits per heavy atom. The highest BCUT2D eigenvalue weighted by molar-refractivity contribution is 6.42. The van der Waals surface area contributed by atoms with Gasteiger partial charge in [-0.15, -0.1) is 0 Å². The SMILES string of the molecule is CCC(C)n1ncn(-c2ccc(N3CCN(c4ccc(OCC5COC(CN6CC=CC=N6)(c6ccc(Cl)c(Cl)c6)O5)cc4)CC3)cc2)c1=N. The molecule has 0 spiro atoms. The number of hydrazone groups is 1. The van der Waals surface area contributed by atoms with Crippen LogP contribution in [0, 0.1) is 5.41 Å². The zero-order valence-electron chi connectivity index (χ0n) is 28.3. The molecule has 0 radical (unpaired) electrons. The quantitative estimate of drug-likeness (QED) is 0.196. The topological polar surface area (TPSA) is 96.4 Å². The van der Waals surface area contributed by atoms with Gasteiger partial charge in [0.15, 0.2) is 0 Å². The molecule has 0 aliphatic carbocycles. The molecule has 11 nitrogen and oxygen atoms in total. The molecule has 4 aromatic rings. The number of hydrogen-bond donors (Lipinski definition) is 1. The summed E-state index contributed by atoms with van der Waals surface area (Å²) in [4.78, 5) is 4.81. The molecule has 262 valence electrons. The molecule has 7 rings (SSSR count). The summed E-state index contributed by atoms with van der Waals surface area (Å²) in [6, 6.07) is 22.3. The van der Waals surface area contributed by atoms with Crippen LogP contribution < -0.4 is 20.2 Å². The van der Waals surface area contributed by atoms with Crippen molar-refractivity contribution in [2.75, 3.05) is 62.3 Å². The summed E-state index contributed by atoms with van der Waals surface area (Å²) in [6.45, 7) is 9.60. The van der Waals surface area contributed by atoms with Gasteiger partial charge in [-0.05, 0) is 80.1 Å². The first-order chi connectivity index (χ1) is 24.3. The first kappa shape index (κ1) is 34.2. The van der Waals surface area contributed by atoms with Crippen molar-refractivity contribution in [3.8, 4) is 11.4 Å². The van der Waals surface area contributed by atoms with Crippen LogP contribution in [-0.2, 0) is 15.3 Å². The zero-order chi connectivity index (χ0) is 34.7. The van der Waals surface area contributed by atoms with Gasteiger partial charge >= 0.3 is 0 Å². The number of nitrogens with zero attached hydrogens (tertiary/aromatic N) is 7. The number of nitrogens with one attached hydrogen (secondary N) is 1. The molecule has 1 aromatic heterocycles. The molecule has 4 heterocycles. The largest absolute Gasteiger partial charge is 0.491 e. The van der Waals surface area contributed by atoms with E-state index in [1.54, 1.807) is 29.4 Å². The van der Waals surface area contributed by atoms with Crippen molar-refractivity contribution < 1.29 is 14.2 Å². The molecule has 0 amide bonds. The van der Waals surface area contributed by atoms with Gasteiger partial charge in [-0.25, -0.2) is 4.68 Å². The van der Waals surface area contributed by atoms with Crippen molar-refractivity contribution in [1.29, 1.82) is 5.41 Å². The summed E-state index contributed by atoms with van der Waals surface area (Å²) in [5.41, 5.74) is 4.46. The molecular weight excluding hydrogens is 675 g/mol. The van der Waals surface area contributed by atoms with Gasteiger partial charge in [-0.2, -0.15) is 10.2 Å². The fraction of sp³-hybridized carbons (Fsp3) is 0.378. The van der Waals surface area contributed by atoms with E-state index in [1.807, 2.05) is 39.9 Å². The van der Waals surface area contributed by atoms with Gasteiger partial charge in [0.2, 0.25) is 11.4 Å². The van der Waals surface area contributed by atoms with Crippen LogP contribution in [0.25, 0.3) is 5.69 Å². The van der Waals surface area contributed by atoms with E-state index in [0.717, 1.165) is 49.6 Å². The molecule has 2 fully saturated rings. The number of halogens is 2. The second kappa shape index (κ2) is 14.9. The monoisotopic (exact) mass is 716 g/mol. The van der Waals surface area contributed by atoms with E-state index in [-0.39, 0.29) is 12.1 Å². The first-order valence-electron chi connectivity index (χ1n) is 17.1. The Morgan fingerprint density at radius 1 is 0.940 bits per heavy atom. The van der Waals surface area contributed by atoms with Crippen LogP contribution in [0.3, 0.4) is 0 Å². The Bertz CT molecular complexity index is 1890. The summed E-state index contributed by atoms with van der Waals surface area (Å²) in [7, 11) is 0. The minimum atomic E-state index is -1.05. The molecule has 0 bridgehead atoms. The molecule has 3 unspecified atom stereocenters. The lowest BCUT2D eigenvalue weighted by Gasteiger charge is -2.37. The predicted octanol–water partition coefficient (Wildman–Crippen LogP) is 6.26. The van der Waals surface area contributed by atoms with E-state index in [1.165, 1.54) is 11.4 Å². The van der Waals surface area contributed by atoms with Crippen LogP contribution in [0.15, 0.2) is 90.3 Å². The second-order valence-electron chi connectivity index (χ2n) is 12.8. The fourth-order valence-electron chi connectivity index (χ4n) is 6.48. The number of aromatic nitrogens is 3. The van der Waals surface area contributed by atoms with Crippen molar-refractivity contribution in [1.82, 2.24) is 19.4 Å². The predicted molar refractivity (Wildman–Crippen MR) is 197 cm³/mol. The maximum atomic E-state index is 8.54. The molecule has 13 heteroatoms. The Balaban J connectivity index is 0.921. The maximum absolute atomic E-state index is 8.54. The van der Waals surface area contributed by atoms with Gasteiger partial charge in [-0.3, -0.25) is 15.0 Å². The molecular formula is C37H42Cl2N8O3. The average Bonchev–Trinajstić information content (AvgIpc) is 3.76. The minimum Gasteiger partial charge on any atom is -0.491 e. The van der Waals surface area contributed by atoms with Gasteiger partial charge in [-0.1, -0.05) is 42.3 Å². The number of ether oxygens (including phenoxy) is 3. The minimum absolute atomic E-state index is 0.191. The van der Waals surface area contributed by atoms with E-state index >= 15 is 0 Å². The Labute approximate surface area is 302 Å². The fourth-order valence-corrected chi connectivity index (χ4v) is 6.77. The van der Waals surface area contributed by atoms with Crippen molar-refractivity contribution >= 4 is 40.8 Å². The van der Waals surface area contributed by atoms with E-state index in [9.17, 15) is 0 Å². The number of piperazine rings is 1.